The van der Waals surface area contributed by atoms with E-state index in [2.05, 4.69) is 79.7 Å². The monoisotopic (exact) mass is 280 g/mol. The van der Waals surface area contributed by atoms with Gasteiger partial charge in [-0.15, -0.1) is 0 Å². The standard InChI is InChI=1S/C22H16/c1-14-17-10-4-7-16-8-5-11-20(22(16)17)21(14)19-13-12-15-6-2-3-9-18(15)19/h2-13,19H,1H3. The molecule has 5 rings (SSSR count). The Bertz CT molecular complexity index is 981. The second kappa shape index (κ2) is 4.20. The molecule has 0 nitrogen and oxygen atoms in total. The smallest absolute Gasteiger partial charge is 0.0287 e. The summed E-state index contributed by atoms with van der Waals surface area (Å²) in [6.45, 7) is 2.28. The zero-order valence-corrected chi connectivity index (χ0v) is 12.5. The molecule has 0 amide bonds. The van der Waals surface area contributed by atoms with E-state index in [1.54, 1.807) is 0 Å². The first-order valence-electron chi connectivity index (χ1n) is 7.85. The molecule has 22 heavy (non-hydrogen) atoms. The largest absolute Gasteiger partial charge is 0.0720 e. The predicted molar refractivity (Wildman–Crippen MR) is 94.7 cm³/mol. The first-order valence-corrected chi connectivity index (χ1v) is 7.85. The van der Waals surface area contributed by atoms with E-state index >= 15 is 0 Å². The fourth-order valence-electron chi connectivity index (χ4n) is 4.13. The Morgan fingerprint density at radius 2 is 1.55 bits per heavy atom. The van der Waals surface area contributed by atoms with Crippen LogP contribution in [0.25, 0.3) is 28.0 Å². The molecule has 1 unspecified atom stereocenters. The molecule has 0 fully saturated rings. The number of rotatable bonds is 1. The molecule has 0 spiro atoms. The van der Waals surface area contributed by atoms with Gasteiger partial charge in [0.05, 0.1) is 0 Å². The normalized spacial score (nSPS) is 18.3. The third-order valence-electron chi connectivity index (χ3n) is 5.11. The SMILES string of the molecule is CC1=C(C2C=Cc3ccccc32)c2cccc3cccc1c23. The van der Waals surface area contributed by atoms with Crippen molar-refractivity contribution < 1.29 is 0 Å². The lowest BCUT2D eigenvalue weighted by Gasteiger charge is -2.16. The summed E-state index contributed by atoms with van der Waals surface area (Å²) in [4.78, 5) is 0. The third kappa shape index (κ3) is 1.42. The van der Waals surface area contributed by atoms with Crippen molar-refractivity contribution in [3.63, 3.8) is 0 Å². The van der Waals surface area contributed by atoms with Gasteiger partial charge in [0, 0.05) is 5.92 Å². The van der Waals surface area contributed by atoms with Crippen LogP contribution in [0.15, 0.2) is 66.7 Å². The summed E-state index contributed by atoms with van der Waals surface area (Å²) in [5.74, 6) is 0.384. The highest BCUT2D eigenvalue weighted by Gasteiger charge is 2.29. The van der Waals surface area contributed by atoms with Crippen LogP contribution < -0.4 is 0 Å². The first-order chi connectivity index (χ1) is 10.8. The van der Waals surface area contributed by atoms with Crippen LogP contribution in [-0.4, -0.2) is 0 Å². The Morgan fingerprint density at radius 1 is 0.773 bits per heavy atom. The van der Waals surface area contributed by atoms with Crippen LogP contribution in [0, 0.1) is 0 Å². The highest BCUT2D eigenvalue weighted by molar-refractivity contribution is 6.15. The summed E-state index contributed by atoms with van der Waals surface area (Å²) in [5, 5.41) is 2.77. The minimum absolute atomic E-state index is 0.384. The zero-order chi connectivity index (χ0) is 14.7. The van der Waals surface area contributed by atoms with E-state index in [9.17, 15) is 0 Å². The van der Waals surface area contributed by atoms with Crippen LogP contribution in [0.1, 0.15) is 35.1 Å². The third-order valence-corrected chi connectivity index (χ3v) is 5.11. The fourth-order valence-corrected chi connectivity index (χ4v) is 4.13. The van der Waals surface area contributed by atoms with Crippen molar-refractivity contribution >= 4 is 28.0 Å². The van der Waals surface area contributed by atoms with Crippen LogP contribution >= 0.6 is 0 Å². The molecule has 1 atom stereocenters. The molecule has 0 heteroatoms. The summed E-state index contributed by atoms with van der Waals surface area (Å²) < 4.78 is 0. The fraction of sp³-hybridized carbons (Fsp3) is 0.0909. The molecule has 0 aromatic heterocycles. The van der Waals surface area contributed by atoms with Crippen LogP contribution in [0.5, 0.6) is 0 Å². The quantitative estimate of drug-likeness (QED) is 0.521. The minimum atomic E-state index is 0.384. The molecule has 2 aliphatic carbocycles. The maximum atomic E-state index is 2.36. The van der Waals surface area contributed by atoms with Crippen molar-refractivity contribution in [1.29, 1.82) is 0 Å². The van der Waals surface area contributed by atoms with Crippen molar-refractivity contribution in [2.75, 3.05) is 0 Å². The molecular weight excluding hydrogens is 264 g/mol. The van der Waals surface area contributed by atoms with Gasteiger partial charge in [0.2, 0.25) is 0 Å². The average Bonchev–Trinajstić information content (AvgIpc) is 3.09. The number of hydrogen-bond donors (Lipinski definition) is 0. The maximum absolute atomic E-state index is 2.36. The molecule has 0 bridgehead atoms. The summed E-state index contributed by atoms with van der Waals surface area (Å²) in [7, 11) is 0. The van der Waals surface area contributed by atoms with Crippen molar-refractivity contribution in [2.24, 2.45) is 0 Å². The van der Waals surface area contributed by atoms with Crippen LogP contribution in [0.4, 0.5) is 0 Å². The van der Waals surface area contributed by atoms with Crippen LogP contribution in [0.2, 0.25) is 0 Å². The second-order valence-electron chi connectivity index (χ2n) is 6.21. The van der Waals surface area contributed by atoms with Crippen molar-refractivity contribution in [2.45, 2.75) is 12.8 Å². The van der Waals surface area contributed by atoms with Crippen molar-refractivity contribution in [1.82, 2.24) is 0 Å². The van der Waals surface area contributed by atoms with Crippen molar-refractivity contribution in [3.05, 3.63) is 89.0 Å². The Morgan fingerprint density at radius 3 is 2.41 bits per heavy atom. The highest BCUT2D eigenvalue weighted by Crippen LogP contribution is 2.50. The van der Waals surface area contributed by atoms with Gasteiger partial charge in [0.15, 0.2) is 0 Å². The maximum Gasteiger partial charge on any atom is 0.0287 e. The van der Waals surface area contributed by atoms with E-state index in [-0.39, 0.29) is 0 Å². The molecule has 0 heterocycles. The average molecular weight is 280 g/mol. The van der Waals surface area contributed by atoms with E-state index in [1.165, 1.54) is 44.2 Å². The summed E-state index contributed by atoms with van der Waals surface area (Å²) in [5.41, 5.74) is 8.52. The van der Waals surface area contributed by atoms with E-state index in [0.29, 0.717) is 5.92 Å². The van der Waals surface area contributed by atoms with Crippen molar-refractivity contribution in [3.8, 4) is 0 Å². The number of hydrogen-bond acceptors (Lipinski definition) is 0. The number of allylic oxidation sites excluding steroid dienone is 3. The molecule has 3 aromatic carbocycles. The first kappa shape index (κ1) is 12.0. The molecule has 0 saturated carbocycles. The highest BCUT2D eigenvalue weighted by atomic mass is 14.3. The zero-order valence-electron chi connectivity index (χ0n) is 12.5. The Labute approximate surface area is 130 Å². The van der Waals surface area contributed by atoms with Gasteiger partial charge in [-0.2, -0.15) is 0 Å². The molecule has 2 aliphatic rings. The van der Waals surface area contributed by atoms with Gasteiger partial charge in [-0.25, -0.2) is 0 Å². The lowest BCUT2D eigenvalue weighted by atomic mass is 9.87. The summed E-state index contributed by atoms with van der Waals surface area (Å²) in [6.07, 6.45) is 4.62. The molecule has 0 saturated heterocycles. The molecule has 0 N–H and O–H groups in total. The van der Waals surface area contributed by atoms with Gasteiger partial charge in [-0.1, -0.05) is 72.8 Å². The minimum Gasteiger partial charge on any atom is -0.0720 e. The Hall–Kier alpha value is -2.60. The molecule has 3 aromatic rings. The Balaban J connectivity index is 1.80. The van der Waals surface area contributed by atoms with Gasteiger partial charge in [-0.05, 0) is 51.1 Å². The van der Waals surface area contributed by atoms with Crippen LogP contribution in [0.3, 0.4) is 0 Å². The predicted octanol–water partition coefficient (Wildman–Crippen LogP) is 5.89. The van der Waals surface area contributed by atoms with Gasteiger partial charge in [-0.3, -0.25) is 0 Å². The number of fused-ring (bicyclic) bond motifs is 1. The van der Waals surface area contributed by atoms with Gasteiger partial charge in [0.25, 0.3) is 0 Å². The van der Waals surface area contributed by atoms with Gasteiger partial charge in [0.1, 0.15) is 0 Å². The topological polar surface area (TPSA) is 0 Å². The summed E-state index contributed by atoms with van der Waals surface area (Å²) >= 11 is 0. The van der Waals surface area contributed by atoms with E-state index in [1.807, 2.05) is 0 Å². The Kier molecular flexibility index (Phi) is 2.29. The summed E-state index contributed by atoms with van der Waals surface area (Å²) in [6, 6.07) is 22.1. The molecule has 0 aliphatic heterocycles. The van der Waals surface area contributed by atoms with E-state index in [0.717, 1.165) is 0 Å². The molecule has 0 radical (unpaired) electrons. The van der Waals surface area contributed by atoms with E-state index in [4.69, 9.17) is 0 Å². The lowest BCUT2D eigenvalue weighted by Crippen LogP contribution is -1.97. The van der Waals surface area contributed by atoms with Gasteiger partial charge >= 0.3 is 0 Å². The number of benzene rings is 3. The molecular formula is C22H16. The van der Waals surface area contributed by atoms with Gasteiger partial charge < -0.3 is 0 Å². The second-order valence-corrected chi connectivity index (χ2v) is 6.21. The molecule has 104 valence electrons. The lowest BCUT2D eigenvalue weighted by molar-refractivity contribution is 1.14. The van der Waals surface area contributed by atoms with Crippen LogP contribution in [-0.2, 0) is 0 Å². The van der Waals surface area contributed by atoms with E-state index < -0.39 is 0 Å².